The third-order valence-electron chi connectivity index (χ3n) is 7.22. The van der Waals surface area contributed by atoms with Crippen LogP contribution in [0, 0.1) is 22.2 Å². The minimum atomic E-state index is -0.777. The number of ketones is 1. The predicted octanol–water partition coefficient (Wildman–Crippen LogP) is 4.53. The first kappa shape index (κ1) is 16.5. The van der Waals surface area contributed by atoms with Crippen LogP contribution in [0.1, 0.15) is 65.7 Å². The summed E-state index contributed by atoms with van der Waals surface area (Å²) in [6.45, 7) is 10.2. The maximum atomic E-state index is 12.9. The quantitative estimate of drug-likeness (QED) is 0.762. The van der Waals surface area contributed by atoms with Gasteiger partial charge < -0.3 is 5.11 Å². The monoisotopic (exact) mass is 316 g/mol. The normalized spacial score (nSPS) is 43.6. The van der Waals surface area contributed by atoms with Gasteiger partial charge in [-0.15, -0.1) is 6.58 Å². The van der Waals surface area contributed by atoms with Crippen molar-refractivity contribution in [2.75, 3.05) is 0 Å². The van der Waals surface area contributed by atoms with E-state index in [2.05, 4.69) is 20.4 Å². The Balaban J connectivity index is 2.09. The first-order valence-corrected chi connectivity index (χ1v) is 8.79. The van der Waals surface area contributed by atoms with E-state index < -0.39 is 11.4 Å². The molecule has 0 saturated heterocycles. The van der Waals surface area contributed by atoms with Gasteiger partial charge in [0.2, 0.25) is 0 Å². The number of aliphatic carboxylic acids is 1. The Bertz CT molecular complexity index is 616. The maximum Gasteiger partial charge on any atom is 0.309 e. The zero-order valence-corrected chi connectivity index (χ0v) is 14.6. The lowest BCUT2D eigenvalue weighted by atomic mass is 9.47. The molecule has 0 bridgehead atoms. The summed E-state index contributed by atoms with van der Waals surface area (Å²) < 4.78 is 0. The molecule has 1 saturated carbocycles. The maximum absolute atomic E-state index is 12.9. The first-order chi connectivity index (χ1) is 10.7. The van der Waals surface area contributed by atoms with Crippen molar-refractivity contribution in [1.82, 2.24) is 0 Å². The molecule has 3 aliphatic rings. The van der Waals surface area contributed by atoms with Gasteiger partial charge in [0.05, 0.1) is 5.41 Å². The molecule has 0 radical (unpaired) electrons. The number of hydrogen-bond acceptors (Lipinski definition) is 2. The Kier molecular flexibility index (Phi) is 3.62. The average Bonchev–Trinajstić information content (AvgIpc) is 2.50. The van der Waals surface area contributed by atoms with Crippen LogP contribution in [0.25, 0.3) is 0 Å². The zero-order valence-electron chi connectivity index (χ0n) is 14.6. The summed E-state index contributed by atoms with van der Waals surface area (Å²) in [4.78, 5) is 24.8. The summed E-state index contributed by atoms with van der Waals surface area (Å²) in [6.07, 6.45) is 7.70. The molecule has 0 unspecified atom stereocenters. The van der Waals surface area contributed by atoms with Gasteiger partial charge in [-0.1, -0.05) is 31.9 Å². The van der Waals surface area contributed by atoms with Crippen molar-refractivity contribution in [3.63, 3.8) is 0 Å². The van der Waals surface area contributed by atoms with Crippen molar-refractivity contribution in [3.8, 4) is 0 Å². The molecule has 0 aromatic rings. The molecule has 3 nitrogen and oxygen atoms in total. The van der Waals surface area contributed by atoms with Crippen LogP contribution in [0.3, 0.4) is 0 Å². The highest BCUT2D eigenvalue weighted by atomic mass is 16.4. The molecule has 0 aromatic carbocycles. The lowest BCUT2D eigenvalue weighted by Crippen LogP contribution is -2.53. The van der Waals surface area contributed by atoms with Gasteiger partial charge in [0.1, 0.15) is 0 Å². The molecular formula is C20H28O3. The van der Waals surface area contributed by atoms with Crippen LogP contribution in [-0.4, -0.2) is 16.9 Å². The lowest BCUT2D eigenvalue weighted by molar-refractivity contribution is -0.160. The molecule has 0 amide bonds. The molecule has 3 aliphatic carbocycles. The zero-order chi connectivity index (χ0) is 17.0. The molecule has 3 rings (SSSR count). The summed E-state index contributed by atoms with van der Waals surface area (Å²) in [7, 11) is 0. The number of carboxylic acid groups (broad SMARTS) is 1. The number of carbonyl (C=O) groups excluding carboxylic acids is 1. The van der Waals surface area contributed by atoms with Crippen LogP contribution >= 0.6 is 0 Å². The summed E-state index contributed by atoms with van der Waals surface area (Å²) in [6, 6.07) is 0. The number of hydrogen-bond donors (Lipinski definition) is 1. The molecular weight excluding hydrogens is 288 g/mol. The highest BCUT2D eigenvalue weighted by Gasteiger charge is 2.58. The van der Waals surface area contributed by atoms with Crippen molar-refractivity contribution >= 4 is 11.8 Å². The van der Waals surface area contributed by atoms with Crippen molar-refractivity contribution in [2.24, 2.45) is 22.2 Å². The van der Waals surface area contributed by atoms with Crippen LogP contribution in [0.5, 0.6) is 0 Å². The fourth-order valence-corrected chi connectivity index (χ4v) is 5.48. The first-order valence-electron chi connectivity index (χ1n) is 8.79. The Morgan fingerprint density at radius 1 is 1.26 bits per heavy atom. The van der Waals surface area contributed by atoms with Crippen LogP contribution in [0.2, 0.25) is 0 Å². The number of allylic oxidation sites excluding steroid dienone is 3. The van der Waals surface area contributed by atoms with E-state index in [-0.39, 0.29) is 22.5 Å². The van der Waals surface area contributed by atoms with Crippen molar-refractivity contribution in [2.45, 2.75) is 65.7 Å². The fraction of sp³-hybridized carbons (Fsp3) is 0.700. The second-order valence-electron chi connectivity index (χ2n) is 8.67. The third kappa shape index (κ3) is 2.23. The van der Waals surface area contributed by atoms with E-state index in [1.165, 1.54) is 5.57 Å². The minimum absolute atomic E-state index is 0.00244. The summed E-state index contributed by atoms with van der Waals surface area (Å²) >= 11 is 0. The topological polar surface area (TPSA) is 54.4 Å². The van der Waals surface area contributed by atoms with Crippen molar-refractivity contribution < 1.29 is 14.7 Å². The molecule has 0 heterocycles. The van der Waals surface area contributed by atoms with E-state index >= 15 is 0 Å². The Morgan fingerprint density at radius 2 is 1.96 bits per heavy atom. The average molecular weight is 316 g/mol. The van der Waals surface area contributed by atoms with Gasteiger partial charge in [-0.25, -0.2) is 0 Å². The van der Waals surface area contributed by atoms with Gasteiger partial charge in [-0.2, -0.15) is 0 Å². The van der Waals surface area contributed by atoms with Gasteiger partial charge in [0.25, 0.3) is 0 Å². The minimum Gasteiger partial charge on any atom is -0.481 e. The molecule has 0 aliphatic heterocycles. The number of carbonyl (C=O) groups is 2. The van der Waals surface area contributed by atoms with Gasteiger partial charge in [-0.05, 0) is 61.3 Å². The number of carboxylic acids is 1. The van der Waals surface area contributed by atoms with Gasteiger partial charge in [-0.3, -0.25) is 9.59 Å². The number of Topliss-reactive ketones (excluding diaryl/α,β-unsaturated/α-hetero) is 1. The molecule has 1 fully saturated rings. The number of rotatable bonds is 2. The molecule has 1 N–H and O–H groups in total. The Morgan fingerprint density at radius 3 is 2.57 bits per heavy atom. The van der Waals surface area contributed by atoms with Crippen molar-refractivity contribution in [1.29, 1.82) is 0 Å². The van der Waals surface area contributed by atoms with Gasteiger partial charge >= 0.3 is 5.97 Å². The summed E-state index contributed by atoms with van der Waals surface area (Å²) in [5.41, 5.74) is 1.36. The third-order valence-corrected chi connectivity index (χ3v) is 7.22. The smallest absolute Gasteiger partial charge is 0.309 e. The van der Waals surface area contributed by atoms with Crippen LogP contribution in [-0.2, 0) is 9.59 Å². The second kappa shape index (κ2) is 5.06. The van der Waals surface area contributed by atoms with Gasteiger partial charge in [0, 0.05) is 6.42 Å². The van der Waals surface area contributed by atoms with Crippen molar-refractivity contribution in [3.05, 3.63) is 23.8 Å². The molecule has 0 aromatic heterocycles. The highest BCUT2D eigenvalue weighted by molar-refractivity contribution is 5.98. The highest BCUT2D eigenvalue weighted by Crippen LogP contribution is 2.62. The Labute approximate surface area is 138 Å². The molecule has 23 heavy (non-hydrogen) atoms. The van der Waals surface area contributed by atoms with E-state index in [1.54, 1.807) is 0 Å². The fourth-order valence-electron chi connectivity index (χ4n) is 5.48. The Hall–Kier alpha value is -1.38. The standard InChI is InChI=1S/C20H28O3/c1-5-18(2)10-7-14-13(12-18)15(21)11-16-19(14,3)8-6-9-20(16,4)17(22)23/h5,16H,1,6-12H2,2-4H3,(H,22,23)/t16-,18-,19-,20+/m0/s1. The van der Waals surface area contributed by atoms with E-state index in [0.717, 1.165) is 37.7 Å². The molecule has 3 heteroatoms. The molecule has 126 valence electrons. The number of fused-ring (bicyclic) bond motifs is 2. The second-order valence-corrected chi connectivity index (χ2v) is 8.67. The SMILES string of the molecule is C=C[C@@]1(C)CCC2=C(C1)C(=O)C[C@@H]1[C@](C)(C(=O)O)CCC[C@@]21C. The van der Waals surface area contributed by atoms with Crippen LogP contribution < -0.4 is 0 Å². The van der Waals surface area contributed by atoms with Crippen LogP contribution in [0.15, 0.2) is 23.8 Å². The van der Waals surface area contributed by atoms with E-state index in [4.69, 9.17) is 0 Å². The van der Waals surface area contributed by atoms with E-state index in [9.17, 15) is 14.7 Å². The molecule has 0 spiro atoms. The molecule has 4 atom stereocenters. The lowest BCUT2D eigenvalue weighted by Gasteiger charge is -2.55. The largest absolute Gasteiger partial charge is 0.481 e. The van der Waals surface area contributed by atoms with Gasteiger partial charge in [0.15, 0.2) is 5.78 Å². The summed E-state index contributed by atoms with van der Waals surface area (Å²) in [5, 5.41) is 9.81. The van der Waals surface area contributed by atoms with E-state index in [1.807, 2.05) is 13.0 Å². The summed E-state index contributed by atoms with van der Waals surface area (Å²) in [5.74, 6) is -0.623. The van der Waals surface area contributed by atoms with Crippen LogP contribution in [0.4, 0.5) is 0 Å². The van der Waals surface area contributed by atoms with E-state index in [0.29, 0.717) is 12.8 Å². The predicted molar refractivity (Wildman–Crippen MR) is 90.0 cm³/mol.